The smallest absolute Gasteiger partial charge is 0.355 e. The molecule has 2 N–H and O–H groups in total. The van der Waals surface area contributed by atoms with E-state index in [9.17, 15) is 14.4 Å². The first-order valence-corrected chi connectivity index (χ1v) is 9.09. The van der Waals surface area contributed by atoms with E-state index in [2.05, 4.69) is 10.3 Å². The molecule has 1 heterocycles. The number of carbonyl (C=O) groups excluding carboxylic acids is 3. The van der Waals surface area contributed by atoms with Gasteiger partial charge in [0.25, 0.3) is 5.91 Å². The summed E-state index contributed by atoms with van der Waals surface area (Å²) in [7, 11) is 3.08. The number of nitrogens with one attached hydrogen (secondary N) is 2. The summed E-state index contributed by atoms with van der Waals surface area (Å²) in [4.78, 5) is 39.3. The van der Waals surface area contributed by atoms with Crippen LogP contribution in [-0.2, 0) is 16.1 Å². The maximum absolute atomic E-state index is 12.4. The Labute approximate surface area is 169 Å². The number of methoxy groups -OCH3 is 2. The lowest BCUT2D eigenvalue weighted by Crippen LogP contribution is -2.35. The summed E-state index contributed by atoms with van der Waals surface area (Å²) in [6.07, 6.45) is -1.01. The number of hydrogen-bond acceptors (Lipinski definition) is 6. The second-order valence-corrected chi connectivity index (χ2v) is 6.64. The zero-order valence-corrected chi connectivity index (χ0v) is 17.5. The van der Waals surface area contributed by atoms with Gasteiger partial charge in [-0.15, -0.1) is 0 Å². The van der Waals surface area contributed by atoms with Crippen molar-refractivity contribution in [2.75, 3.05) is 14.2 Å². The summed E-state index contributed by atoms with van der Waals surface area (Å²) in [5.41, 5.74) is 2.54. The average Bonchev–Trinajstić information content (AvgIpc) is 2.99. The number of aromatic amines is 1. The Bertz CT molecular complexity index is 931. The Kier molecular flexibility index (Phi) is 7.03. The predicted molar refractivity (Wildman–Crippen MR) is 107 cm³/mol. The lowest BCUT2D eigenvalue weighted by molar-refractivity contribution is -0.129. The maximum atomic E-state index is 12.4. The van der Waals surface area contributed by atoms with Crippen LogP contribution in [0, 0.1) is 13.8 Å². The van der Waals surface area contributed by atoms with Crippen LogP contribution in [0.3, 0.4) is 0 Å². The third kappa shape index (κ3) is 4.96. The summed E-state index contributed by atoms with van der Waals surface area (Å²) in [6, 6.07) is 5.30. The number of benzene rings is 1. The summed E-state index contributed by atoms with van der Waals surface area (Å²) in [5, 5.41) is 2.72. The molecule has 0 saturated carbocycles. The number of hydrogen-bond donors (Lipinski definition) is 2. The average molecular weight is 402 g/mol. The molecule has 1 aromatic heterocycles. The van der Waals surface area contributed by atoms with Crippen molar-refractivity contribution in [2.24, 2.45) is 0 Å². The van der Waals surface area contributed by atoms with E-state index in [1.807, 2.05) is 0 Å². The first-order valence-electron chi connectivity index (χ1n) is 9.09. The second-order valence-electron chi connectivity index (χ2n) is 6.64. The van der Waals surface area contributed by atoms with Crippen molar-refractivity contribution in [2.45, 2.75) is 40.3 Å². The van der Waals surface area contributed by atoms with Crippen molar-refractivity contribution in [3.8, 4) is 11.5 Å². The van der Waals surface area contributed by atoms with Crippen molar-refractivity contribution in [3.05, 3.63) is 46.3 Å². The number of amides is 1. The third-order valence-electron chi connectivity index (χ3n) is 4.56. The van der Waals surface area contributed by atoms with Crippen LogP contribution in [0.5, 0.6) is 11.5 Å². The topological polar surface area (TPSA) is 107 Å². The monoisotopic (exact) mass is 402 g/mol. The molecule has 156 valence electrons. The highest BCUT2D eigenvalue weighted by atomic mass is 16.5. The number of Topliss-reactive ketones (excluding diaryl/α,β-unsaturated/α-hetero) is 1. The normalized spacial score (nSPS) is 11.5. The molecule has 0 radical (unpaired) electrons. The molecule has 0 bridgehead atoms. The van der Waals surface area contributed by atoms with Gasteiger partial charge in [-0.25, -0.2) is 4.79 Å². The number of esters is 1. The van der Waals surface area contributed by atoms with Crippen molar-refractivity contribution < 1.29 is 28.6 Å². The first kappa shape index (κ1) is 22.0. The molecule has 2 aromatic rings. The van der Waals surface area contributed by atoms with E-state index in [4.69, 9.17) is 14.2 Å². The van der Waals surface area contributed by atoms with Crippen LogP contribution in [0.15, 0.2) is 18.2 Å². The van der Waals surface area contributed by atoms with E-state index >= 15 is 0 Å². The van der Waals surface area contributed by atoms with Crippen LogP contribution in [0.1, 0.15) is 51.5 Å². The largest absolute Gasteiger partial charge is 0.493 e. The Hall–Kier alpha value is -3.29. The molecule has 0 aliphatic rings. The minimum absolute atomic E-state index is 0.143. The number of H-pyrrole nitrogens is 1. The molecule has 8 heteroatoms. The number of aromatic nitrogens is 1. The lowest BCUT2D eigenvalue weighted by atomic mass is 10.1. The Morgan fingerprint density at radius 1 is 1.10 bits per heavy atom. The minimum atomic E-state index is -1.01. The second kappa shape index (κ2) is 9.27. The third-order valence-corrected chi connectivity index (χ3v) is 4.56. The van der Waals surface area contributed by atoms with Crippen LogP contribution in [0.4, 0.5) is 0 Å². The number of aryl methyl sites for hydroxylation is 1. The Morgan fingerprint density at radius 3 is 2.31 bits per heavy atom. The van der Waals surface area contributed by atoms with Gasteiger partial charge in [-0.05, 0) is 51.0 Å². The van der Waals surface area contributed by atoms with Crippen LogP contribution < -0.4 is 14.8 Å². The van der Waals surface area contributed by atoms with E-state index < -0.39 is 18.0 Å². The highest BCUT2D eigenvalue weighted by Crippen LogP contribution is 2.27. The van der Waals surface area contributed by atoms with Gasteiger partial charge >= 0.3 is 5.97 Å². The van der Waals surface area contributed by atoms with Crippen molar-refractivity contribution >= 4 is 17.7 Å². The van der Waals surface area contributed by atoms with Crippen molar-refractivity contribution in [3.63, 3.8) is 0 Å². The van der Waals surface area contributed by atoms with Crippen LogP contribution in [0.2, 0.25) is 0 Å². The highest BCUT2D eigenvalue weighted by molar-refractivity contribution is 6.01. The molecular weight excluding hydrogens is 376 g/mol. The van der Waals surface area contributed by atoms with E-state index in [1.165, 1.54) is 21.0 Å². The molecule has 0 unspecified atom stereocenters. The summed E-state index contributed by atoms with van der Waals surface area (Å²) >= 11 is 0. The standard InChI is InChI=1S/C21H26N2O6/c1-11-18(13(3)24)12(2)23-19(11)21(26)29-14(4)20(25)22-10-15-7-8-16(27-5)17(9-15)28-6/h7-9,14,23H,10H2,1-6H3,(H,22,25)/t14-/m1/s1. The van der Waals surface area contributed by atoms with E-state index in [0.29, 0.717) is 28.3 Å². The van der Waals surface area contributed by atoms with Gasteiger partial charge in [0.05, 0.1) is 14.2 Å². The van der Waals surface area contributed by atoms with E-state index in [1.54, 1.807) is 39.2 Å². The summed E-state index contributed by atoms with van der Waals surface area (Å²) in [6.45, 7) is 6.52. The maximum Gasteiger partial charge on any atom is 0.355 e. The fourth-order valence-corrected chi connectivity index (χ4v) is 3.08. The van der Waals surface area contributed by atoms with Gasteiger partial charge in [0, 0.05) is 17.8 Å². The van der Waals surface area contributed by atoms with Gasteiger partial charge < -0.3 is 24.5 Å². The van der Waals surface area contributed by atoms with Crippen LogP contribution in [-0.4, -0.2) is 43.0 Å². The van der Waals surface area contributed by atoms with Gasteiger partial charge in [-0.3, -0.25) is 9.59 Å². The van der Waals surface area contributed by atoms with Gasteiger partial charge in [0.15, 0.2) is 23.4 Å². The predicted octanol–water partition coefficient (Wildman–Crippen LogP) is 2.71. The first-order chi connectivity index (χ1) is 13.7. The van der Waals surface area contributed by atoms with Crippen LogP contribution in [0.25, 0.3) is 0 Å². The van der Waals surface area contributed by atoms with Gasteiger partial charge in [-0.1, -0.05) is 6.07 Å². The fraction of sp³-hybridized carbons (Fsp3) is 0.381. The molecule has 8 nitrogen and oxygen atoms in total. The zero-order valence-electron chi connectivity index (χ0n) is 17.5. The van der Waals surface area contributed by atoms with Crippen molar-refractivity contribution in [1.82, 2.24) is 10.3 Å². The molecule has 1 atom stereocenters. The highest BCUT2D eigenvalue weighted by Gasteiger charge is 2.24. The number of rotatable bonds is 8. The molecule has 0 aliphatic carbocycles. The SMILES string of the molecule is COc1ccc(CNC(=O)[C@@H](C)OC(=O)c2[nH]c(C)c(C(C)=O)c2C)cc1OC. The number of ketones is 1. The molecule has 1 aromatic carbocycles. The lowest BCUT2D eigenvalue weighted by Gasteiger charge is -2.14. The Morgan fingerprint density at radius 2 is 1.76 bits per heavy atom. The zero-order chi connectivity index (χ0) is 21.7. The van der Waals surface area contributed by atoms with E-state index in [-0.39, 0.29) is 18.0 Å². The van der Waals surface area contributed by atoms with Gasteiger partial charge in [0.2, 0.25) is 0 Å². The molecule has 0 saturated heterocycles. The molecule has 0 aliphatic heterocycles. The quantitative estimate of drug-likeness (QED) is 0.519. The fourth-order valence-electron chi connectivity index (χ4n) is 3.08. The molecule has 2 rings (SSSR count). The Balaban J connectivity index is 2.00. The summed E-state index contributed by atoms with van der Waals surface area (Å²) < 4.78 is 15.7. The number of ether oxygens (including phenoxy) is 3. The van der Waals surface area contributed by atoms with E-state index in [0.717, 1.165) is 5.56 Å². The van der Waals surface area contributed by atoms with Gasteiger partial charge in [0.1, 0.15) is 5.69 Å². The van der Waals surface area contributed by atoms with Gasteiger partial charge in [-0.2, -0.15) is 0 Å². The van der Waals surface area contributed by atoms with Crippen molar-refractivity contribution in [1.29, 1.82) is 0 Å². The molecule has 29 heavy (non-hydrogen) atoms. The van der Waals surface area contributed by atoms with Crippen LogP contribution >= 0.6 is 0 Å². The molecular formula is C21H26N2O6. The summed E-state index contributed by atoms with van der Waals surface area (Å²) in [5.74, 6) is -0.132. The number of carbonyl (C=O) groups is 3. The molecule has 0 spiro atoms. The minimum Gasteiger partial charge on any atom is -0.493 e. The molecule has 1 amide bonds. The molecule has 0 fully saturated rings.